The number of carbonyl (C=O) groups is 1. The quantitative estimate of drug-likeness (QED) is 0.805. The Morgan fingerprint density at radius 1 is 1.47 bits per heavy atom. The minimum Gasteiger partial charge on any atom is -0.496 e. The van der Waals surface area contributed by atoms with Crippen LogP contribution in [0.15, 0.2) is 24.3 Å². The van der Waals surface area contributed by atoms with E-state index in [1.807, 2.05) is 24.3 Å². The molecule has 0 saturated carbocycles. The maximum Gasteiger partial charge on any atom is 0.407 e. The molecule has 0 aliphatic carbocycles. The average molecular weight is 207 g/mol. The molecular formula is C11H13NO3. The van der Waals surface area contributed by atoms with Crippen LogP contribution in [0.2, 0.25) is 0 Å². The van der Waals surface area contributed by atoms with E-state index in [-0.39, 0.29) is 12.1 Å². The summed E-state index contributed by atoms with van der Waals surface area (Å²) >= 11 is 0. The van der Waals surface area contributed by atoms with Gasteiger partial charge in [0, 0.05) is 12.0 Å². The molecule has 4 nitrogen and oxygen atoms in total. The molecule has 1 heterocycles. The molecule has 0 spiro atoms. The minimum absolute atomic E-state index is 0.0117. The monoisotopic (exact) mass is 207 g/mol. The molecule has 2 rings (SSSR count). The van der Waals surface area contributed by atoms with E-state index in [0.29, 0.717) is 6.61 Å². The first-order valence-electron chi connectivity index (χ1n) is 4.87. The number of para-hydroxylation sites is 1. The van der Waals surface area contributed by atoms with E-state index in [9.17, 15) is 4.79 Å². The number of alkyl carbamates (subject to hydrolysis) is 1. The van der Waals surface area contributed by atoms with Crippen LogP contribution >= 0.6 is 0 Å². The molecule has 1 aromatic carbocycles. The fourth-order valence-corrected chi connectivity index (χ4v) is 1.71. The molecule has 4 heteroatoms. The third kappa shape index (κ3) is 2.03. The number of amides is 1. The van der Waals surface area contributed by atoms with Crippen molar-refractivity contribution in [1.29, 1.82) is 0 Å². The normalized spacial score (nSPS) is 20.3. The van der Waals surface area contributed by atoms with Gasteiger partial charge in [-0.15, -0.1) is 0 Å². The van der Waals surface area contributed by atoms with Gasteiger partial charge in [0.2, 0.25) is 0 Å². The molecule has 1 saturated heterocycles. The highest BCUT2D eigenvalue weighted by atomic mass is 16.6. The van der Waals surface area contributed by atoms with E-state index in [4.69, 9.17) is 9.47 Å². The molecular weight excluding hydrogens is 194 g/mol. The van der Waals surface area contributed by atoms with Crippen molar-refractivity contribution in [2.75, 3.05) is 13.7 Å². The van der Waals surface area contributed by atoms with Gasteiger partial charge >= 0.3 is 6.09 Å². The lowest BCUT2D eigenvalue weighted by molar-refractivity contribution is 0.115. The van der Waals surface area contributed by atoms with Crippen LogP contribution in [0.1, 0.15) is 18.0 Å². The summed E-state index contributed by atoms with van der Waals surface area (Å²) in [6.45, 7) is 0.453. The smallest absolute Gasteiger partial charge is 0.407 e. The molecule has 1 fully saturated rings. The summed E-state index contributed by atoms with van der Waals surface area (Å²) in [7, 11) is 1.62. The lowest BCUT2D eigenvalue weighted by atomic mass is 10.0. The fraction of sp³-hybridized carbons (Fsp3) is 0.364. The molecule has 0 bridgehead atoms. The highest BCUT2D eigenvalue weighted by Gasteiger charge is 2.22. The molecule has 1 amide bonds. The molecule has 0 unspecified atom stereocenters. The van der Waals surface area contributed by atoms with Crippen LogP contribution < -0.4 is 10.1 Å². The SMILES string of the molecule is COc1ccccc1[C@H]1CCOC(=O)N1. The van der Waals surface area contributed by atoms with Gasteiger partial charge in [-0.05, 0) is 6.07 Å². The number of ether oxygens (including phenoxy) is 2. The first-order chi connectivity index (χ1) is 7.31. The van der Waals surface area contributed by atoms with Gasteiger partial charge in [-0.1, -0.05) is 18.2 Å². The predicted octanol–water partition coefficient (Wildman–Crippen LogP) is 1.87. The fourth-order valence-electron chi connectivity index (χ4n) is 1.71. The number of benzene rings is 1. The first-order valence-corrected chi connectivity index (χ1v) is 4.87. The van der Waals surface area contributed by atoms with Crippen molar-refractivity contribution in [2.45, 2.75) is 12.5 Å². The summed E-state index contributed by atoms with van der Waals surface area (Å²) in [4.78, 5) is 11.1. The topological polar surface area (TPSA) is 47.6 Å². The van der Waals surface area contributed by atoms with Crippen LogP contribution in [0.4, 0.5) is 4.79 Å². The Morgan fingerprint density at radius 3 is 3.00 bits per heavy atom. The third-order valence-corrected chi connectivity index (χ3v) is 2.45. The number of hydrogen-bond acceptors (Lipinski definition) is 3. The molecule has 15 heavy (non-hydrogen) atoms. The van der Waals surface area contributed by atoms with Crippen molar-refractivity contribution in [1.82, 2.24) is 5.32 Å². The molecule has 1 atom stereocenters. The van der Waals surface area contributed by atoms with Crippen molar-refractivity contribution >= 4 is 6.09 Å². The molecule has 1 aromatic rings. The maximum absolute atomic E-state index is 11.1. The van der Waals surface area contributed by atoms with Gasteiger partial charge in [0.15, 0.2) is 0 Å². The number of hydrogen-bond donors (Lipinski definition) is 1. The summed E-state index contributed by atoms with van der Waals surface area (Å²) in [5.74, 6) is 0.796. The van der Waals surface area contributed by atoms with Crippen molar-refractivity contribution < 1.29 is 14.3 Å². The van der Waals surface area contributed by atoms with Crippen LogP contribution in [-0.4, -0.2) is 19.8 Å². The number of methoxy groups -OCH3 is 1. The summed E-state index contributed by atoms with van der Waals surface area (Å²) in [6, 6.07) is 7.66. The van der Waals surface area contributed by atoms with Gasteiger partial charge in [-0.3, -0.25) is 0 Å². The Kier molecular flexibility index (Phi) is 2.76. The Hall–Kier alpha value is -1.71. The second-order valence-corrected chi connectivity index (χ2v) is 3.36. The van der Waals surface area contributed by atoms with Crippen LogP contribution in [-0.2, 0) is 4.74 Å². The Labute approximate surface area is 88.2 Å². The molecule has 0 radical (unpaired) electrons. The zero-order chi connectivity index (χ0) is 10.7. The van der Waals surface area contributed by atoms with Gasteiger partial charge in [0.1, 0.15) is 5.75 Å². The van der Waals surface area contributed by atoms with Gasteiger partial charge in [-0.25, -0.2) is 4.79 Å². The van der Waals surface area contributed by atoms with E-state index in [1.54, 1.807) is 7.11 Å². The molecule has 80 valence electrons. The minimum atomic E-state index is -0.364. The van der Waals surface area contributed by atoms with Crippen LogP contribution in [0.25, 0.3) is 0 Å². The van der Waals surface area contributed by atoms with Crippen molar-refractivity contribution in [2.24, 2.45) is 0 Å². The highest BCUT2D eigenvalue weighted by Crippen LogP contribution is 2.28. The molecule has 0 aromatic heterocycles. The predicted molar refractivity (Wildman–Crippen MR) is 54.8 cm³/mol. The summed E-state index contributed by atoms with van der Waals surface area (Å²) in [6.07, 6.45) is 0.406. The lowest BCUT2D eigenvalue weighted by Gasteiger charge is -2.24. The highest BCUT2D eigenvalue weighted by molar-refractivity contribution is 5.68. The Balaban J connectivity index is 2.24. The van der Waals surface area contributed by atoms with Crippen molar-refractivity contribution in [3.8, 4) is 5.75 Å². The number of rotatable bonds is 2. The standard InChI is InChI=1S/C11H13NO3/c1-14-10-5-3-2-4-8(10)9-6-7-15-11(13)12-9/h2-5,9H,6-7H2,1H3,(H,12,13)/t9-/m1/s1. The van der Waals surface area contributed by atoms with Gasteiger partial charge in [-0.2, -0.15) is 0 Å². The maximum atomic E-state index is 11.1. The third-order valence-electron chi connectivity index (χ3n) is 2.45. The second-order valence-electron chi connectivity index (χ2n) is 3.36. The largest absolute Gasteiger partial charge is 0.496 e. The Morgan fingerprint density at radius 2 is 2.27 bits per heavy atom. The molecule has 1 aliphatic heterocycles. The second kappa shape index (κ2) is 4.21. The zero-order valence-electron chi connectivity index (χ0n) is 8.53. The Bertz CT molecular complexity index is 365. The van der Waals surface area contributed by atoms with Crippen LogP contribution in [0.5, 0.6) is 5.75 Å². The van der Waals surface area contributed by atoms with E-state index < -0.39 is 0 Å². The number of nitrogens with one attached hydrogen (secondary N) is 1. The van der Waals surface area contributed by atoms with Crippen molar-refractivity contribution in [3.63, 3.8) is 0 Å². The summed E-state index contributed by atoms with van der Waals surface area (Å²) in [5, 5.41) is 2.77. The van der Waals surface area contributed by atoms with Crippen molar-refractivity contribution in [3.05, 3.63) is 29.8 Å². The van der Waals surface area contributed by atoms with Crippen LogP contribution in [0.3, 0.4) is 0 Å². The van der Waals surface area contributed by atoms with Gasteiger partial charge in [0.05, 0.1) is 19.8 Å². The summed E-state index contributed by atoms with van der Waals surface area (Å²) in [5.41, 5.74) is 0.997. The number of cyclic esters (lactones) is 1. The van der Waals surface area contributed by atoms with E-state index in [0.717, 1.165) is 17.7 Å². The zero-order valence-corrected chi connectivity index (χ0v) is 8.53. The van der Waals surface area contributed by atoms with E-state index in [1.165, 1.54) is 0 Å². The van der Waals surface area contributed by atoms with E-state index >= 15 is 0 Å². The molecule has 1 N–H and O–H groups in total. The lowest BCUT2D eigenvalue weighted by Crippen LogP contribution is -2.35. The molecule has 1 aliphatic rings. The van der Waals surface area contributed by atoms with Crippen LogP contribution in [0, 0.1) is 0 Å². The van der Waals surface area contributed by atoms with Gasteiger partial charge in [0.25, 0.3) is 0 Å². The number of carbonyl (C=O) groups excluding carboxylic acids is 1. The first kappa shape index (κ1) is 9.83. The van der Waals surface area contributed by atoms with E-state index in [2.05, 4.69) is 5.32 Å². The average Bonchev–Trinajstić information content (AvgIpc) is 2.29. The summed E-state index contributed by atoms with van der Waals surface area (Å²) < 4.78 is 10.1. The van der Waals surface area contributed by atoms with Gasteiger partial charge < -0.3 is 14.8 Å².